The summed E-state index contributed by atoms with van der Waals surface area (Å²) in [5, 5.41) is 5.48. The average Bonchev–Trinajstić information content (AvgIpc) is 2.70. The van der Waals surface area contributed by atoms with E-state index in [1.807, 2.05) is 18.2 Å². The lowest BCUT2D eigenvalue weighted by molar-refractivity contribution is 0.640. The third-order valence-electron chi connectivity index (χ3n) is 2.63. The zero-order valence-corrected chi connectivity index (χ0v) is 14.7. The van der Waals surface area contributed by atoms with E-state index in [-0.39, 0.29) is 6.04 Å². The highest BCUT2D eigenvalue weighted by molar-refractivity contribution is 9.11. The highest BCUT2D eigenvalue weighted by atomic mass is 79.9. The molecule has 0 saturated carbocycles. The molecule has 0 radical (unpaired) electrons. The molecule has 1 atom stereocenters. The molecule has 1 heterocycles. The summed E-state index contributed by atoms with van der Waals surface area (Å²) < 4.78 is 0.922. The predicted molar refractivity (Wildman–Crippen MR) is 89.0 cm³/mol. The molecule has 0 amide bonds. The van der Waals surface area contributed by atoms with E-state index in [2.05, 4.69) is 28.2 Å². The van der Waals surface area contributed by atoms with E-state index in [1.165, 1.54) is 0 Å². The van der Waals surface area contributed by atoms with Crippen LogP contribution in [0.5, 0.6) is 0 Å². The van der Waals surface area contributed by atoms with Gasteiger partial charge < -0.3 is 5.32 Å². The second-order valence-electron chi connectivity index (χ2n) is 3.93. The Labute approximate surface area is 140 Å². The topological polar surface area (TPSA) is 12.0 Å². The number of nitrogens with one attached hydrogen (secondary N) is 1. The Morgan fingerprint density at radius 3 is 2.53 bits per heavy atom. The van der Waals surface area contributed by atoms with E-state index in [4.69, 9.17) is 34.8 Å². The Balaban J connectivity index is 2.47. The minimum atomic E-state index is -0.00926. The monoisotopic (exact) mass is 397 g/mol. The molecule has 2 rings (SSSR count). The Bertz CT molecular complexity index is 566. The first kappa shape index (κ1) is 15.6. The van der Waals surface area contributed by atoms with Crippen molar-refractivity contribution in [3.8, 4) is 0 Å². The Morgan fingerprint density at radius 1 is 1.21 bits per heavy atom. The maximum absolute atomic E-state index is 6.28. The molecule has 0 spiro atoms. The van der Waals surface area contributed by atoms with Crippen molar-refractivity contribution in [3.05, 3.63) is 53.6 Å². The molecule has 1 aromatic heterocycles. The molecule has 0 aliphatic rings. The van der Waals surface area contributed by atoms with Gasteiger partial charge in [-0.2, -0.15) is 0 Å². The SMILES string of the molecule is CCNC(c1cc(Cl)c(Br)s1)c1cc(Cl)ccc1Cl. The lowest BCUT2D eigenvalue weighted by Crippen LogP contribution is -2.21. The van der Waals surface area contributed by atoms with Gasteiger partial charge in [0, 0.05) is 14.9 Å². The lowest BCUT2D eigenvalue weighted by atomic mass is 10.1. The number of rotatable bonds is 4. The van der Waals surface area contributed by atoms with Gasteiger partial charge in [-0.05, 0) is 52.3 Å². The van der Waals surface area contributed by atoms with Crippen LogP contribution in [0.15, 0.2) is 28.1 Å². The molecule has 1 nitrogen and oxygen atoms in total. The summed E-state index contributed by atoms with van der Waals surface area (Å²) in [6.45, 7) is 2.87. The predicted octanol–water partition coefficient (Wildman–Crippen LogP) is 6.17. The molecule has 2 aromatic rings. The fourth-order valence-corrected chi connectivity index (χ4v) is 4.06. The molecule has 1 N–H and O–H groups in total. The van der Waals surface area contributed by atoms with E-state index in [1.54, 1.807) is 17.4 Å². The van der Waals surface area contributed by atoms with Crippen molar-refractivity contribution < 1.29 is 0 Å². The van der Waals surface area contributed by atoms with Crippen molar-refractivity contribution >= 4 is 62.1 Å². The van der Waals surface area contributed by atoms with Crippen LogP contribution in [0.1, 0.15) is 23.4 Å². The van der Waals surface area contributed by atoms with Crippen molar-refractivity contribution in [2.75, 3.05) is 6.54 Å². The van der Waals surface area contributed by atoms with Gasteiger partial charge >= 0.3 is 0 Å². The maximum Gasteiger partial charge on any atom is 0.0888 e. The maximum atomic E-state index is 6.28. The van der Waals surface area contributed by atoms with Crippen molar-refractivity contribution in [2.45, 2.75) is 13.0 Å². The highest BCUT2D eigenvalue weighted by Gasteiger charge is 2.20. The van der Waals surface area contributed by atoms with Crippen LogP contribution in [-0.4, -0.2) is 6.54 Å². The molecular weight excluding hydrogens is 388 g/mol. The molecular formula is C13H11BrCl3NS. The molecule has 1 unspecified atom stereocenters. The van der Waals surface area contributed by atoms with Crippen LogP contribution in [-0.2, 0) is 0 Å². The summed E-state index contributed by atoms with van der Waals surface area (Å²) in [6, 6.07) is 7.42. The van der Waals surface area contributed by atoms with Crippen LogP contribution in [0.4, 0.5) is 0 Å². The van der Waals surface area contributed by atoms with Crippen molar-refractivity contribution in [2.24, 2.45) is 0 Å². The van der Waals surface area contributed by atoms with Crippen molar-refractivity contribution in [1.82, 2.24) is 5.32 Å². The standard InChI is InChI=1S/C13H11BrCl3NS/c1-2-18-12(11-6-10(17)13(14)19-11)8-5-7(15)3-4-9(8)16/h3-6,12,18H,2H2,1H3. The zero-order valence-electron chi connectivity index (χ0n) is 10.0. The summed E-state index contributed by atoms with van der Waals surface area (Å²) in [4.78, 5) is 1.10. The van der Waals surface area contributed by atoms with E-state index >= 15 is 0 Å². The fourth-order valence-electron chi connectivity index (χ4n) is 1.81. The number of benzene rings is 1. The number of hydrogen-bond donors (Lipinski definition) is 1. The van der Waals surface area contributed by atoms with Gasteiger partial charge in [0.15, 0.2) is 0 Å². The van der Waals surface area contributed by atoms with Gasteiger partial charge in [-0.25, -0.2) is 0 Å². The third-order valence-corrected chi connectivity index (χ3v) is 5.74. The molecule has 0 aliphatic heterocycles. The van der Waals surface area contributed by atoms with Crippen molar-refractivity contribution in [1.29, 1.82) is 0 Å². The Hall–Kier alpha value is 0.230. The van der Waals surface area contributed by atoms with Crippen LogP contribution in [0.25, 0.3) is 0 Å². The Morgan fingerprint density at radius 2 is 1.95 bits per heavy atom. The van der Waals surface area contributed by atoms with Crippen molar-refractivity contribution in [3.63, 3.8) is 0 Å². The number of halogens is 4. The van der Waals surface area contributed by atoms with Crippen LogP contribution in [0, 0.1) is 0 Å². The van der Waals surface area contributed by atoms with Gasteiger partial charge in [-0.3, -0.25) is 0 Å². The Kier molecular flexibility index (Phi) is 5.58. The molecule has 1 aromatic carbocycles. The van der Waals surface area contributed by atoms with Crippen LogP contribution < -0.4 is 5.32 Å². The first-order valence-electron chi connectivity index (χ1n) is 5.66. The molecule has 19 heavy (non-hydrogen) atoms. The van der Waals surface area contributed by atoms with Gasteiger partial charge in [0.05, 0.1) is 14.9 Å². The average molecular weight is 400 g/mol. The summed E-state index contributed by atoms with van der Waals surface area (Å²) in [5.74, 6) is 0. The van der Waals surface area contributed by atoms with E-state index in [0.29, 0.717) is 15.1 Å². The lowest BCUT2D eigenvalue weighted by Gasteiger charge is -2.18. The van der Waals surface area contributed by atoms with E-state index in [9.17, 15) is 0 Å². The fraction of sp³-hybridized carbons (Fsp3) is 0.231. The van der Waals surface area contributed by atoms with Crippen LogP contribution >= 0.6 is 62.1 Å². The smallest absolute Gasteiger partial charge is 0.0888 e. The quantitative estimate of drug-likeness (QED) is 0.648. The van der Waals surface area contributed by atoms with E-state index < -0.39 is 0 Å². The molecule has 0 saturated heterocycles. The minimum absolute atomic E-state index is 0.00926. The van der Waals surface area contributed by atoms with Crippen LogP contribution in [0.2, 0.25) is 15.1 Å². The number of thiophene rings is 1. The second-order valence-corrected chi connectivity index (χ2v) is 7.58. The van der Waals surface area contributed by atoms with Gasteiger partial charge in [-0.1, -0.05) is 41.7 Å². The second kappa shape index (κ2) is 6.79. The summed E-state index contributed by atoms with van der Waals surface area (Å²) in [5.41, 5.74) is 0.960. The molecule has 6 heteroatoms. The van der Waals surface area contributed by atoms with E-state index in [0.717, 1.165) is 20.8 Å². The molecule has 0 bridgehead atoms. The van der Waals surface area contributed by atoms with Crippen LogP contribution in [0.3, 0.4) is 0 Å². The van der Waals surface area contributed by atoms with Gasteiger partial charge in [0.1, 0.15) is 0 Å². The molecule has 0 aliphatic carbocycles. The highest BCUT2D eigenvalue weighted by Crippen LogP contribution is 2.39. The summed E-state index contributed by atoms with van der Waals surface area (Å²) >= 11 is 23.5. The molecule has 0 fully saturated rings. The first-order chi connectivity index (χ1) is 9.02. The first-order valence-corrected chi connectivity index (χ1v) is 8.40. The van der Waals surface area contributed by atoms with Gasteiger partial charge in [0.2, 0.25) is 0 Å². The minimum Gasteiger partial charge on any atom is -0.306 e. The molecule has 102 valence electrons. The third kappa shape index (κ3) is 3.66. The van der Waals surface area contributed by atoms with Gasteiger partial charge in [-0.15, -0.1) is 11.3 Å². The normalized spacial score (nSPS) is 12.7. The zero-order chi connectivity index (χ0) is 14.0. The summed E-state index contributed by atoms with van der Waals surface area (Å²) in [6.07, 6.45) is 0. The largest absolute Gasteiger partial charge is 0.306 e. The van der Waals surface area contributed by atoms with Gasteiger partial charge in [0.25, 0.3) is 0 Å². The summed E-state index contributed by atoms with van der Waals surface area (Å²) in [7, 11) is 0. The number of hydrogen-bond acceptors (Lipinski definition) is 2.